The van der Waals surface area contributed by atoms with Crippen LogP contribution in [-0.2, 0) is 4.74 Å². The normalized spacial score (nSPS) is 26.1. The number of hydrogen-bond donors (Lipinski definition) is 1. The molecule has 0 bridgehead atoms. The maximum absolute atomic E-state index is 11.6. The first kappa shape index (κ1) is 12.3. The molecule has 0 aliphatic heterocycles. The number of ether oxygens (including phenoxy) is 1. The summed E-state index contributed by atoms with van der Waals surface area (Å²) >= 11 is 0. The van der Waals surface area contributed by atoms with Crippen molar-refractivity contribution in [3.63, 3.8) is 0 Å². The van der Waals surface area contributed by atoms with E-state index >= 15 is 0 Å². The molecule has 1 amide bonds. The minimum Gasteiger partial charge on any atom is -0.450 e. The Morgan fingerprint density at radius 1 is 1.47 bits per heavy atom. The Hall–Kier alpha value is -0.770. The van der Waals surface area contributed by atoms with Crippen LogP contribution in [0.5, 0.6) is 0 Å². The highest BCUT2D eigenvalue weighted by atomic mass is 16.6. The van der Waals surface area contributed by atoms with E-state index < -0.39 is 0 Å². The lowest BCUT2D eigenvalue weighted by Crippen LogP contribution is -2.46. The van der Waals surface area contributed by atoms with Crippen molar-refractivity contribution in [2.24, 2.45) is 11.7 Å². The Morgan fingerprint density at radius 2 is 2.13 bits per heavy atom. The van der Waals surface area contributed by atoms with E-state index in [1.54, 1.807) is 4.90 Å². The molecule has 4 heteroatoms. The molecular weight excluding hydrogens is 192 g/mol. The Morgan fingerprint density at radius 3 is 2.73 bits per heavy atom. The fourth-order valence-corrected chi connectivity index (χ4v) is 2.33. The number of amides is 1. The second-order valence-corrected chi connectivity index (χ2v) is 4.16. The second-order valence-electron chi connectivity index (χ2n) is 4.16. The Bertz CT molecular complexity index is 209. The van der Waals surface area contributed by atoms with Crippen molar-refractivity contribution < 1.29 is 9.53 Å². The summed E-state index contributed by atoms with van der Waals surface area (Å²) in [4.78, 5) is 13.3. The molecule has 0 aromatic carbocycles. The highest BCUT2D eigenvalue weighted by Crippen LogP contribution is 2.27. The van der Waals surface area contributed by atoms with E-state index in [1.165, 1.54) is 12.8 Å². The number of rotatable bonds is 3. The first-order valence-corrected chi connectivity index (χ1v) is 5.80. The van der Waals surface area contributed by atoms with Crippen LogP contribution in [0.25, 0.3) is 0 Å². The van der Waals surface area contributed by atoms with Gasteiger partial charge in [0.2, 0.25) is 0 Å². The van der Waals surface area contributed by atoms with Crippen LogP contribution in [0.4, 0.5) is 4.79 Å². The van der Waals surface area contributed by atoms with Crippen molar-refractivity contribution in [3.8, 4) is 0 Å². The van der Waals surface area contributed by atoms with Gasteiger partial charge in [0.15, 0.2) is 0 Å². The van der Waals surface area contributed by atoms with E-state index in [-0.39, 0.29) is 12.1 Å². The highest BCUT2D eigenvalue weighted by molar-refractivity contribution is 5.67. The quantitative estimate of drug-likeness (QED) is 0.776. The van der Waals surface area contributed by atoms with Gasteiger partial charge in [-0.3, -0.25) is 0 Å². The summed E-state index contributed by atoms with van der Waals surface area (Å²) in [6.45, 7) is 2.92. The number of carbonyl (C=O) groups excluding carboxylic acids is 1. The monoisotopic (exact) mass is 214 g/mol. The first-order chi connectivity index (χ1) is 7.20. The molecule has 4 nitrogen and oxygen atoms in total. The average molecular weight is 214 g/mol. The predicted molar refractivity (Wildman–Crippen MR) is 59.6 cm³/mol. The van der Waals surface area contributed by atoms with Crippen LogP contribution in [0.1, 0.15) is 32.6 Å². The Kier molecular flexibility index (Phi) is 4.88. The molecule has 0 aromatic heterocycles. The zero-order valence-corrected chi connectivity index (χ0v) is 9.74. The number of nitrogens with two attached hydrogens (primary N) is 1. The lowest BCUT2D eigenvalue weighted by atomic mass is 9.84. The molecule has 2 N–H and O–H groups in total. The zero-order valence-electron chi connectivity index (χ0n) is 9.74. The zero-order chi connectivity index (χ0) is 11.3. The van der Waals surface area contributed by atoms with E-state index in [4.69, 9.17) is 10.5 Å². The predicted octanol–water partition coefficient (Wildman–Crippen LogP) is 1.59. The van der Waals surface area contributed by atoms with Crippen LogP contribution < -0.4 is 5.73 Å². The van der Waals surface area contributed by atoms with E-state index in [9.17, 15) is 4.79 Å². The van der Waals surface area contributed by atoms with Gasteiger partial charge in [-0.25, -0.2) is 4.79 Å². The molecule has 0 heterocycles. The third-order valence-corrected chi connectivity index (χ3v) is 3.22. The van der Waals surface area contributed by atoms with Crippen LogP contribution in [-0.4, -0.2) is 37.2 Å². The van der Waals surface area contributed by atoms with Gasteiger partial charge in [-0.2, -0.15) is 0 Å². The topological polar surface area (TPSA) is 55.6 Å². The van der Waals surface area contributed by atoms with Gasteiger partial charge in [0.05, 0.1) is 6.61 Å². The van der Waals surface area contributed by atoms with Crippen molar-refractivity contribution in [1.82, 2.24) is 4.90 Å². The summed E-state index contributed by atoms with van der Waals surface area (Å²) in [5.41, 5.74) is 5.73. The molecule has 2 unspecified atom stereocenters. The standard InChI is InChI=1S/C11H22N2O2/c1-3-15-11(14)13(2)10-7-5-4-6-9(10)8-12/h9-10H,3-8,12H2,1-2H3. The number of nitrogens with zero attached hydrogens (tertiary/aromatic N) is 1. The lowest BCUT2D eigenvalue weighted by Gasteiger charge is -2.36. The molecule has 0 radical (unpaired) electrons. The molecule has 1 aliphatic rings. The third-order valence-electron chi connectivity index (χ3n) is 3.22. The van der Waals surface area contributed by atoms with Gasteiger partial charge in [0.1, 0.15) is 0 Å². The van der Waals surface area contributed by atoms with Gasteiger partial charge in [0.25, 0.3) is 0 Å². The first-order valence-electron chi connectivity index (χ1n) is 5.80. The van der Waals surface area contributed by atoms with Crippen molar-refractivity contribution in [2.75, 3.05) is 20.2 Å². The maximum Gasteiger partial charge on any atom is 0.409 e. The molecule has 0 spiro atoms. The van der Waals surface area contributed by atoms with Crippen LogP contribution in [0, 0.1) is 5.92 Å². The summed E-state index contributed by atoms with van der Waals surface area (Å²) in [7, 11) is 1.82. The van der Waals surface area contributed by atoms with Crippen molar-refractivity contribution >= 4 is 6.09 Å². The van der Waals surface area contributed by atoms with Crippen LogP contribution in [0.2, 0.25) is 0 Å². The van der Waals surface area contributed by atoms with Crippen molar-refractivity contribution in [3.05, 3.63) is 0 Å². The van der Waals surface area contributed by atoms with Crippen LogP contribution >= 0.6 is 0 Å². The van der Waals surface area contributed by atoms with Crippen molar-refractivity contribution in [2.45, 2.75) is 38.6 Å². The van der Waals surface area contributed by atoms with Gasteiger partial charge in [-0.15, -0.1) is 0 Å². The fourth-order valence-electron chi connectivity index (χ4n) is 2.33. The summed E-state index contributed by atoms with van der Waals surface area (Å²) in [5.74, 6) is 0.438. The Labute approximate surface area is 91.8 Å². The second kappa shape index (κ2) is 5.95. The molecule has 2 atom stereocenters. The fraction of sp³-hybridized carbons (Fsp3) is 0.909. The Balaban J connectivity index is 2.54. The van der Waals surface area contributed by atoms with Crippen LogP contribution in [0.3, 0.4) is 0 Å². The molecule has 15 heavy (non-hydrogen) atoms. The summed E-state index contributed by atoms with van der Waals surface area (Å²) in [6.07, 6.45) is 4.38. The van der Waals surface area contributed by atoms with Crippen LogP contribution in [0.15, 0.2) is 0 Å². The van der Waals surface area contributed by atoms with Crippen molar-refractivity contribution in [1.29, 1.82) is 0 Å². The molecule has 1 rings (SSSR count). The minimum absolute atomic E-state index is 0.220. The smallest absolute Gasteiger partial charge is 0.409 e. The van der Waals surface area contributed by atoms with E-state index in [1.807, 2.05) is 14.0 Å². The van der Waals surface area contributed by atoms with Gasteiger partial charge in [-0.1, -0.05) is 12.8 Å². The van der Waals surface area contributed by atoms with E-state index in [0.29, 0.717) is 19.1 Å². The summed E-state index contributed by atoms with van der Waals surface area (Å²) < 4.78 is 5.00. The third kappa shape index (κ3) is 3.09. The van der Waals surface area contributed by atoms with Gasteiger partial charge < -0.3 is 15.4 Å². The van der Waals surface area contributed by atoms with Gasteiger partial charge in [0, 0.05) is 13.1 Å². The lowest BCUT2D eigenvalue weighted by molar-refractivity contribution is 0.0771. The van der Waals surface area contributed by atoms with E-state index in [2.05, 4.69) is 0 Å². The largest absolute Gasteiger partial charge is 0.450 e. The highest BCUT2D eigenvalue weighted by Gasteiger charge is 2.30. The molecule has 1 saturated carbocycles. The minimum atomic E-state index is -0.220. The molecule has 0 saturated heterocycles. The molecule has 88 valence electrons. The van der Waals surface area contributed by atoms with Gasteiger partial charge in [-0.05, 0) is 32.2 Å². The number of carbonyl (C=O) groups is 1. The SMILES string of the molecule is CCOC(=O)N(C)C1CCCCC1CN. The number of hydrogen-bond acceptors (Lipinski definition) is 3. The van der Waals surface area contributed by atoms with E-state index in [0.717, 1.165) is 12.8 Å². The maximum atomic E-state index is 11.6. The molecule has 1 aliphatic carbocycles. The molecule has 1 fully saturated rings. The molecule has 0 aromatic rings. The van der Waals surface area contributed by atoms with Gasteiger partial charge >= 0.3 is 6.09 Å². The summed E-state index contributed by atoms with van der Waals surface area (Å²) in [5, 5.41) is 0. The average Bonchev–Trinajstić information content (AvgIpc) is 2.28. The molecular formula is C11H22N2O2. The summed E-state index contributed by atoms with van der Waals surface area (Å²) in [6, 6.07) is 0.266.